The van der Waals surface area contributed by atoms with Gasteiger partial charge in [0.25, 0.3) is 0 Å². The van der Waals surface area contributed by atoms with E-state index in [1.807, 2.05) is 6.92 Å². The number of halogens is 6. The fourth-order valence-corrected chi connectivity index (χ4v) is 2.81. The Kier molecular flexibility index (Phi) is 4.26. The largest absolute Gasteiger partial charge is 0.416 e. The minimum absolute atomic E-state index is 0.157. The average Bonchev–Trinajstić information content (AvgIpc) is 2.37. The van der Waals surface area contributed by atoms with Crippen molar-refractivity contribution in [2.24, 2.45) is 5.92 Å². The van der Waals surface area contributed by atoms with Crippen LogP contribution in [0.25, 0.3) is 0 Å². The van der Waals surface area contributed by atoms with Crippen LogP contribution in [0.5, 0.6) is 0 Å². The van der Waals surface area contributed by atoms with Crippen molar-refractivity contribution in [1.82, 2.24) is 0 Å². The van der Waals surface area contributed by atoms with Crippen LogP contribution >= 0.6 is 0 Å². The molecule has 0 aromatic heterocycles. The van der Waals surface area contributed by atoms with E-state index in [4.69, 9.17) is 0 Å². The van der Waals surface area contributed by atoms with Crippen LogP contribution in [0.15, 0.2) is 18.2 Å². The van der Waals surface area contributed by atoms with Crippen molar-refractivity contribution < 1.29 is 26.3 Å². The van der Waals surface area contributed by atoms with Crippen LogP contribution in [0.3, 0.4) is 0 Å². The van der Waals surface area contributed by atoms with Gasteiger partial charge in [-0.1, -0.05) is 19.8 Å². The summed E-state index contributed by atoms with van der Waals surface area (Å²) >= 11 is 0. The van der Waals surface area contributed by atoms with Gasteiger partial charge in [-0.3, -0.25) is 0 Å². The van der Waals surface area contributed by atoms with E-state index in [9.17, 15) is 26.3 Å². The van der Waals surface area contributed by atoms with Gasteiger partial charge in [0.05, 0.1) is 11.1 Å². The number of rotatable bonds is 1. The van der Waals surface area contributed by atoms with Gasteiger partial charge in [0.2, 0.25) is 0 Å². The maximum Gasteiger partial charge on any atom is 0.416 e. The summed E-state index contributed by atoms with van der Waals surface area (Å²) in [6, 6.07) is 1.93. The minimum Gasteiger partial charge on any atom is -0.166 e. The molecule has 0 bridgehead atoms. The molecule has 1 saturated carbocycles. The Bertz CT molecular complexity index is 460. The van der Waals surface area contributed by atoms with Crippen molar-refractivity contribution in [1.29, 1.82) is 0 Å². The summed E-state index contributed by atoms with van der Waals surface area (Å²) in [6.45, 7) is 2.05. The predicted octanol–water partition coefficient (Wildman–Crippen LogP) is 6.02. The Morgan fingerprint density at radius 2 is 1.19 bits per heavy atom. The second-order valence-electron chi connectivity index (χ2n) is 5.80. The number of hydrogen-bond acceptors (Lipinski definition) is 0. The van der Waals surface area contributed by atoms with E-state index < -0.39 is 23.5 Å². The highest BCUT2D eigenvalue weighted by Gasteiger charge is 2.37. The number of alkyl halides is 6. The van der Waals surface area contributed by atoms with Gasteiger partial charge < -0.3 is 0 Å². The van der Waals surface area contributed by atoms with Crippen LogP contribution in [-0.2, 0) is 12.4 Å². The van der Waals surface area contributed by atoms with Gasteiger partial charge in [-0.15, -0.1) is 0 Å². The molecule has 1 aromatic carbocycles. The molecule has 118 valence electrons. The van der Waals surface area contributed by atoms with Gasteiger partial charge in [0, 0.05) is 0 Å². The molecule has 0 heterocycles. The Morgan fingerprint density at radius 3 is 1.57 bits per heavy atom. The number of hydrogen-bond donors (Lipinski definition) is 0. The summed E-state index contributed by atoms with van der Waals surface area (Å²) in [5.41, 5.74) is -2.28. The monoisotopic (exact) mass is 310 g/mol. The highest BCUT2D eigenvalue weighted by atomic mass is 19.4. The molecule has 0 radical (unpaired) electrons. The van der Waals surface area contributed by atoms with Crippen molar-refractivity contribution in [3.63, 3.8) is 0 Å². The van der Waals surface area contributed by atoms with E-state index in [2.05, 4.69) is 0 Å². The van der Waals surface area contributed by atoms with E-state index >= 15 is 0 Å². The molecular weight excluding hydrogens is 294 g/mol. The van der Waals surface area contributed by atoms with Crippen molar-refractivity contribution in [3.05, 3.63) is 34.9 Å². The first-order chi connectivity index (χ1) is 9.57. The van der Waals surface area contributed by atoms with Crippen LogP contribution in [0.4, 0.5) is 26.3 Å². The van der Waals surface area contributed by atoms with Crippen molar-refractivity contribution in [2.75, 3.05) is 0 Å². The molecule has 21 heavy (non-hydrogen) atoms. The second-order valence-corrected chi connectivity index (χ2v) is 5.80. The van der Waals surface area contributed by atoms with Crippen LogP contribution in [0.2, 0.25) is 0 Å². The third-order valence-corrected chi connectivity index (χ3v) is 4.10. The van der Waals surface area contributed by atoms with E-state index in [0.29, 0.717) is 18.8 Å². The highest BCUT2D eigenvalue weighted by molar-refractivity contribution is 5.35. The lowest BCUT2D eigenvalue weighted by atomic mass is 9.79. The zero-order valence-corrected chi connectivity index (χ0v) is 11.5. The number of benzene rings is 1. The van der Waals surface area contributed by atoms with Gasteiger partial charge in [0.15, 0.2) is 0 Å². The first-order valence-corrected chi connectivity index (χ1v) is 6.86. The van der Waals surface area contributed by atoms with Crippen LogP contribution in [0, 0.1) is 5.92 Å². The summed E-state index contributed by atoms with van der Waals surface area (Å²) in [5, 5.41) is 0. The Morgan fingerprint density at radius 1 is 0.762 bits per heavy atom. The lowest BCUT2D eigenvalue weighted by Crippen LogP contribution is -2.15. The van der Waals surface area contributed by atoms with Crippen LogP contribution < -0.4 is 0 Å². The second kappa shape index (κ2) is 5.54. The first-order valence-electron chi connectivity index (χ1n) is 6.86. The molecule has 1 aromatic rings. The summed E-state index contributed by atoms with van der Waals surface area (Å²) < 4.78 is 76.8. The van der Waals surface area contributed by atoms with E-state index in [-0.39, 0.29) is 17.5 Å². The smallest absolute Gasteiger partial charge is 0.166 e. The van der Waals surface area contributed by atoms with Gasteiger partial charge in [0.1, 0.15) is 0 Å². The predicted molar refractivity (Wildman–Crippen MR) is 66.8 cm³/mol. The third-order valence-electron chi connectivity index (χ3n) is 4.10. The van der Waals surface area contributed by atoms with E-state index in [1.54, 1.807) is 0 Å². The van der Waals surface area contributed by atoms with E-state index in [1.165, 1.54) is 0 Å². The summed E-state index contributed by atoms with van der Waals surface area (Å²) in [4.78, 5) is 0. The summed E-state index contributed by atoms with van der Waals surface area (Å²) in [6.07, 6.45) is -6.58. The molecule has 0 unspecified atom stereocenters. The SMILES string of the molecule is CC1CCC(c2cc(C(F)(F)F)cc(C(F)(F)F)c2)CC1. The fourth-order valence-electron chi connectivity index (χ4n) is 2.81. The quantitative estimate of drug-likeness (QED) is 0.557. The molecule has 1 aliphatic rings. The highest BCUT2D eigenvalue weighted by Crippen LogP contribution is 2.41. The third kappa shape index (κ3) is 3.92. The van der Waals surface area contributed by atoms with Crippen molar-refractivity contribution in [2.45, 2.75) is 50.9 Å². The lowest BCUT2D eigenvalue weighted by molar-refractivity contribution is -0.143. The zero-order valence-electron chi connectivity index (χ0n) is 11.5. The molecule has 0 spiro atoms. The van der Waals surface area contributed by atoms with Gasteiger partial charge in [-0.25, -0.2) is 0 Å². The molecule has 6 heteroatoms. The van der Waals surface area contributed by atoms with Gasteiger partial charge in [-0.05, 0) is 48.4 Å². The van der Waals surface area contributed by atoms with E-state index in [0.717, 1.165) is 25.0 Å². The van der Waals surface area contributed by atoms with Crippen molar-refractivity contribution >= 4 is 0 Å². The maximum absolute atomic E-state index is 12.8. The summed E-state index contributed by atoms with van der Waals surface area (Å²) in [7, 11) is 0. The molecule has 1 fully saturated rings. The Hall–Kier alpha value is -1.20. The lowest BCUT2D eigenvalue weighted by Gasteiger charge is -2.27. The molecule has 0 atom stereocenters. The average molecular weight is 310 g/mol. The first kappa shape index (κ1) is 16.2. The fraction of sp³-hybridized carbons (Fsp3) is 0.600. The normalized spacial score (nSPS) is 24.1. The molecule has 0 nitrogen and oxygen atoms in total. The Balaban J connectivity index is 2.41. The molecule has 1 aliphatic carbocycles. The molecule has 2 rings (SSSR count). The summed E-state index contributed by atoms with van der Waals surface area (Å²) in [5.74, 6) is 0.263. The molecule has 0 aliphatic heterocycles. The van der Waals surface area contributed by atoms with Gasteiger partial charge in [-0.2, -0.15) is 26.3 Å². The zero-order chi connectivity index (χ0) is 15.8. The van der Waals surface area contributed by atoms with Crippen LogP contribution in [0.1, 0.15) is 55.2 Å². The molecule has 0 amide bonds. The molecule has 0 N–H and O–H groups in total. The van der Waals surface area contributed by atoms with Gasteiger partial charge >= 0.3 is 12.4 Å². The standard InChI is InChI=1S/C15H16F6/c1-9-2-4-10(5-3-9)11-6-12(14(16,17)18)8-13(7-11)15(19,20)21/h6-10H,2-5H2,1H3. The topological polar surface area (TPSA) is 0 Å². The van der Waals surface area contributed by atoms with Crippen LogP contribution in [-0.4, -0.2) is 0 Å². The Labute approximate surface area is 119 Å². The maximum atomic E-state index is 12.8. The minimum atomic E-state index is -4.77. The van der Waals surface area contributed by atoms with Crippen molar-refractivity contribution in [3.8, 4) is 0 Å². The molecule has 0 saturated heterocycles. The molecular formula is C15H16F6.